The molecule has 0 fully saturated rings. The van der Waals surface area contributed by atoms with Crippen LogP contribution < -0.4 is 4.74 Å². The Kier molecular flexibility index (Phi) is 2.17. The molecule has 0 spiro atoms. The molecule has 0 aliphatic rings. The molecule has 0 bridgehead atoms. The van der Waals surface area contributed by atoms with Crippen LogP contribution in [0.25, 0.3) is 0 Å². The van der Waals surface area contributed by atoms with Crippen LogP contribution in [-0.4, -0.2) is 7.11 Å². The van der Waals surface area contributed by atoms with Gasteiger partial charge in [0.15, 0.2) is 0 Å². The minimum absolute atomic E-state index is 0.604. The van der Waals surface area contributed by atoms with Gasteiger partial charge in [0.2, 0.25) is 0 Å². The Morgan fingerprint density at radius 1 is 1.60 bits per heavy atom. The van der Waals surface area contributed by atoms with E-state index in [2.05, 4.69) is 6.07 Å². The lowest BCUT2D eigenvalue weighted by atomic mass is 10.2. The smallest absolute Gasteiger partial charge is 0.145 e. The standard InChI is InChI=1S/C8H8ClO/c1-6-3-4-8(10-2)7(9)5-6/h3,5H,1-2H3. The number of ether oxygens (including phenoxy) is 1. The summed E-state index contributed by atoms with van der Waals surface area (Å²) >= 11 is 5.77. The molecule has 1 radical (unpaired) electrons. The maximum Gasteiger partial charge on any atom is 0.145 e. The minimum Gasteiger partial charge on any atom is -0.495 e. The molecular formula is C8H8ClO. The van der Waals surface area contributed by atoms with E-state index < -0.39 is 0 Å². The summed E-state index contributed by atoms with van der Waals surface area (Å²) in [5.74, 6) is 0.604. The summed E-state index contributed by atoms with van der Waals surface area (Å²) in [7, 11) is 1.58. The zero-order valence-corrected chi connectivity index (χ0v) is 6.70. The van der Waals surface area contributed by atoms with E-state index in [4.69, 9.17) is 16.3 Å². The van der Waals surface area contributed by atoms with Crippen LogP contribution in [0.4, 0.5) is 0 Å². The van der Waals surface area contributed by atoms with Crippen LogP contribution in [-0.2, 0) is 0 Å². The van der Waals surface area contributed by atoms with Gasteiger partial charge in [-0.25, -0.2) is 0 Å². The fraction of sp³-hybridized carbons (Fsp3) is 0.250. The predicted octanol–water partition coefficient (Wildman–Crippen LogP) is 2.46. The van der Waals surface area contributed by atoms with Gasteiger partial charge in [0.1, 0.15) is 5.75 Å². The number of benzene rings is 1. The maximum atomic E-state index is 5.77. The van der Waals surface area contributed by atoms with Crippen molar-refractivity contribution in [2.45, 2.75) is 6.92 Å². The number of methoxy groups -OCH3 is 1. The minimum atomic E-state index is 0.604. The molecule has 0 atom stereocenters. The van der Waals surface area contributed by atoms with Crippen molar-refractivity contribution in [1.29, 1.82) is 0 Å². The SMILES string of the molecule is COc1[c]cc(C)cc1Cl. The Bertz CT molecular complexity index is 233. The van der Waals surface area contributed by atoms with Crippen molar-refractivity contribution < 1.29 is 4.74 Å². The van der Waals surface area contributed by atoms with Gasteiger partial charge in [-0.15, -0.1) is 0 Å². The number of halogens is 1. The zero-order valence-electron chi connectivity index (χ0n) is 5.94. The third-order valence-corrected chi connectivity index (χ3v) is 1.49. The maximum absolute atomic E-state index is 5.77. The van der Waals surface area contributed by atoms with E-state index in [9.17, 15) is 0 Å². The molecule has 2 heteroatoms. The Labute approximate surface area is 65.6 Å². The summed E-state index contributed by atoms with van der Waals surface area (Å²) in [5.41, 5.74) is 1.09. The fourth-order valence-electron chi connectivity index (χ4n) is 0.712. The Balaban J connectivity index is 3.07. The van der Waals surface area contributed by atoms with Crippen LogP contribution in [0, 0.1) is 13.0 Å². The van der Waals surface area contributed by atoms with E-state index in [1.54, 1.807) is 7.11 Å². The highest BCUT2D eigenvalue weighted by molar-refractivity contribution is 6.32. The summed E-state index contributed by atoms with van der Waals surface area (Å²) in [6.45, 7) is 1.96. The van der Waals surface area contributed by atoms with Crippen molar-refractivity contribution in [3.63, 3.8) is 0 Å². The van der Waals surface area contributed by atoms with E-state index >= 15 is 0 Å². The Morgan fingerprint density at radius 3 is 2.80 bits per heavy atom. The molecule has 0 saturated heterocycles. The topological polar surface area (TPSA) is 9.23 Å². The molecule has 0 unspecified atom stereocenters. The highest BCUT2D eigenvalue weighted by Crippen LogP contribution is 2.23. The second kappa shape index (κ2) is 2.93. The van der Waals surface area contributed by atoms with E-state index in [0.717, 1.165) is 5.56 Å². The molecule has 0 heterocycles. The highest BCUT2D eigenvalue weighted by Gasteiger charge is 1.97. The summed E-state index contributed by atoms with van der Waals surface area (Å²) in [4.78, 5) is 0. The van der Waals surface area contributed by atoms with Crippen LogP contribution in [0.5, 0.6) is 5.75 Å². The van der Waals surface area contributed by atoms with Gasteiger partial charge in [0.05, 0.1) is 12.1 Å². The summed E-state index contributed by atoms with van der Waals surface area (Å²) < 4.78 is 4.91. The summed E-state index contributed by atoms with van der Waals surface area (Å²) in [6.07, 6.45) is 0. The average molecular weight is 156 g/mol. The second-order valence-electron chi connectivity index (χ2n) is 2.06. The van der Waals surface area contributed by atoms with Crippen LogP contribution in [0.15, 0.2) is 12.1 Å². The molecule has 0 aromatic heterocycles. The lowest BCUT2D eigenvalue weighted by Gasteiger charge is -2.01. The van der Waals surface area contributed by atoms with Gasteiger partial charge in [-0.3, -0.25) is 0 Å². The number of rotatable bonds is 1. The third kappa shape index (κ3) is 1.42. The van der Waals surface area contributed by atoms with Gasteiger partial charge in [-0.1, -0.05) is 11.6 Å². The van der Waals surface area contributed by atoms with Gasteiger partial charge in [0, 0.05) is 6.07 Å². The molecular weight excluding hydrogens is 148 g/mol. The average Bonchev–Trinajstić information content (AvgIpc) is 1.88. The van der Waals surface area contributed by atoms with E-state index in [0.29, 0.717) is 10.8 Å². The monoisotopic (exact) mass is 155 g/mol. The molecule has 1 nitrogen and oxygen atoms in total. The molecule has 0 N–H and O–H groups in total. The van der Waals surface area contributed by atoms with Crippen molar-refractivity contribution in [1.82, 2.24) is 0 Å². The molecule has 0 aliphatic carbocycles. The lowest BCUT2D eigenvalue weighted by Crippen LogP contribution is -1.84. The van der Waals surface area contributed by atoms with Gasteiger partial charge < -0.3 is 4.74 Å². The Hall–Kier alpha value is -0.690. The van der Waals surface area contributed by atoms with Gasteiger partial charge in [0.25, 0.3) is 0 Å². The van der Waals surface area contributed by atoms with Gasteiger partial charge in [-0.05, 0) is 24.6 Å². The fourth-order valence-corrected chi connectivity index (χ4v) is 1.02. The van der Waals surface area contributed by atoms with Gasteiger partial charge in [-0.2, -0.15) is 0 Å². The number of hydrogen-bond acceptors (Lipinski definition) is 1. The van der Waals surface area contributed by atoms with Crippen LogP contribution in [0.1, 0.15) is 5.56 Å². The first-order chi connectivity index (χ1) is 4.74. The predicted molar refractivity (Wildman–Crippen MR) is 41.6 cm³/mol. The molecule has 53 valence electrons. The van der Waals surface area contributed by atoms with Crippen LogP contribution in [0.3, 0.4) is 0 Å². The van der Waals surface area contributed by atoms with Gasteiger partial charge >= 0.3 is 0 Å². The van der Waals surface area contributed by atoms with Crippen molar-refractivity contribution in [3.05, 3.63) is 28.8 Å². The van der Waals surface area contributed by atoms with Crippen molar-refractivity contribution in [2.24, 2.45) is 0 Å². The summed E-state index contributed by atoms with van der Waals surface area (Å²) in [6, 6.07) is 6.58. The highest BCUT2D eigenvalue weighted by atomic mass is 35.5. The number of hydrogen-bond donors (Lipinski definition) is 0. The third-order valence-electron chi connectivity index (χ3n) is 1.21. The van der Waals surface area contributed by atoms with Crippen LogP contribution >= 0.6 is 11.6 Å². The zero-order chi connectivity index (χ0) is 7.56. The molecule has 1 aromatic rings. The summed E-state index contributed by atoms with van der Waals surface area (Å²) in [5, 5.41) is 0.613. The molecule has 10 heavy (non-hydrogen) atoms. The first-order valence-corrected chi connectivity index (χ1v) is 3.33. The molecule has 0 saturated carbocycles. The second-order valence-corrected chi connectivity index (χ2v) is 2.47. The van der Waals surface area contributed by atoms with E-state index in [1.165, 1.54) is 0 Å². The largest absolute Gasteiger partial charge is 0.495 e. The van der Waals surface area contributed by atoms with E-state index in [-0.39, 0.29) is 0 Å². The first-order valence-electron chi connectivity index (χ1n) is 2.96. The normalized spacial score (nSPS) is 9.50. The molecule has 1 aromatic carbocycles. The van der Waals surface area contributed by atoms with Crippen molar-refractivity contribution >= 4 is 11.6 Å². The molecule has 1 rings (SSSR count). The van der Waals surface area contributed by atoms with E-state index in [1.807, 2.05) is 19.1 Å². The first kappa shape index (κ1) is 7.42. The van der Waals surface area contributed by atoms with Crippen molar-refractivity contribution in [2.75, 3.05) is 7.11 Å². The molecule has 0 aliphatic heterocycles. The molecule has 0 amide bonds. The Morgan fingerprint density at radius 2 is 2.30 bits per heavy atom. The quantitative estimate of drug-likeness (QED) is 0.606. The van der Waals surface area contributed by atoms with Crippen LogP contribution in [0.2, 0.25) is 5.02 Å². The number of aryl methyl sites for hydroxylation is 1. The lowest BCUT2D eigenvalue weighted by molar-refractivity contribution is 0.414. The van der Waals surface area contributed by atoms with Crippen molar-refractivity contribution in [3.8, 4) is 5.75 Å².